The van der Waals surface area contributed by atoms with E-state index in [1.807, 2.05) is 53.0 Å². The molecule has 0 saturated heterocycles. The molecular formula is C34H55NO4SSi. The minimum atomic E-state index is -2.14. The quantitative estimate of drug-likeness (QED) is 0.195. The maximum Gasteiger partial charge on any atom is 0.306 e. The van der Waals surface area contributed by atoms with Crippen LogP contribution in [-0.2, 0) is 18.8 Å². The number of aryl methyl sites for hydroxylation is 1. The Morgan fingerprint density at radius 1 is 1.17 bits per heavy atom. The normalized spacial score (nSPS) is 29.9. The van der Waals surface area contributed by atoms with Crippen LogP contribution < -0.4 is 0 Å². The van der Waals surface area contributed by atoms with Gasteiger partial charge in [0.1, 0.15) is 11.9 Å². The third kappa shape index (κ3) is 9.59. The highest BCUT2D eigenvalue weighted by Gasteiger charge is 2.45. The molecular weight excluding hydrogens is 547 g/mol. The van der Waals surface area contributed by atoms with Gasteiger partial charge in [0.15, 0.2) is 8.32 Å². The molecule has 5 atom stereocenters. The van der Waals surface area contributed by atoms with Gasteiger partial charge in [0.2, 0.25) is 0 Å². The second-order valence-electron chi connectivity index (χ2n) is 14.3. The van der Waals surface area contributed by atoms with E-state index >= 15 is 0 Å². The first-order valence-corrected chi connectivity index (χ1v) is 18.9. The number of rotatable bonds is 4. The summed E-state index contributed by atoms with van der Waals surface area (Å²) in [6.07, 6.45) is 9.53. The number of ether oxygens (including phenoxy) is 1. The summed E-state index contributed by atoms with van der Waals surface area (Å²) in [4.78, 5) is 32.0. The number of ketones is 1. The lowest BCUT2D eigenvalue weighted by atomic mass is 9.69. The number of aromatic nitrogens is 1. The summed E-state index contributed by atoms with van der Waals surface area (Å²) in [5.74, 6) is -0.587. The molecule has 1 aromatic rings. The lowest BCUT2D eigenvalue weighted by molar-refractivity contribution is -0.150. The number of hydrogen-bond donors (Lipinski definition) is 0. The Labute approximate surface area is 255 Å². The molecule has 2 heterocycles. The lowest BCUT2D eigenvalue weighted by Crippen LogP contribution is -2.50. The van der Waals surface area contributed by atoms with Crippen LogP contribution in [0, 0.1) is 30.1 Å². The van der Waals surface area contributed by atoms with Crippen LogP contribution in [0.3, 0.4) is 0 Å². The number of nitrogens with zero attached hydrogens (tertiary/aromatic N) is 1. The number of carbonyl (C=O) groups is 2. The molecule has 1 aliphatic heterocycles. The zero-order valence-electron chi connectivity index (χ0n) is 27.9. The number of esters is 1. The Kier molecular flexibility index (Phi) is 12.2. The molecule has 0 aromatic carbocycles. The fourth-order valence-corrected chi connectivity index (χ4v) is 6.96. The van der Waals surface area contributed by atoms with Crippen LogP contribution in [0.5, 0.6) is 0 Å². The average Bonchev–Trinajstić information content (AvgIpc) is 3.26. The largest absolute Gasteiger partial charge is 0.457 e. The standard InChI is InChI=1S/C34H55NO4SSi/c1-22-15-14-16-23(2)31(39-41(12,13)33(7,8)9)26(5)32(37)34(10,11)25(4)20-30(36)38-29(18-17-22)24(3)19-28-21-40-27(6)35-28/h14,16-17,19,21,23,25-26,29,31H,15,18,20H2,1-13H3/b16-14+,22-17-,24-19+/t23-,25-,26+,29-,31-/m0/s1. The second kappa shape index (κ2) is 14.1. The van der Waals surface area contributed by atoms with Crippen LogP contribution in [0.2, 0.25) is 18.1 Å². The summed E-state index contributed by atoms with van der Waals surface area (Å²) in [5.41, 5.74) is 2.33. The maximum atomic E-state index is 14.1. The number of cyclic esters (lactones) is 1. The first-order chi connectivity index (χ1) is 18.8. The molecule has 0 bridgehead atoms. The first-order valence-electron chi connectivity index (χ1n) is 15.1. The van der Waals surface area contributed by atoms with Crippen molar-refractivity contribution < 1.29 is 18.8 Å². The van der Waals surface area contributed by atoms with Gasteiger partial charge in [0.05, 0.1) is 16.8 Å². The molecule has 0 amide bonds. The van der Waals surface area contributed by atoms with E-state index in [1.165, 1.54) is 5.57 Å². The van der Waals surface area contributed by atoms with Crippen molar-refractivity contribution in [3.05, 3.63) is 45.5 Å². The first kappa shape index (κ1) is 35.4. The molecule has 230 valence electrons. The molecule has 0 aliphatic carbocycles. The van der Waals surface area contributed by atoms with Crippen molar-refractivity contribution in [3.63, 3.8) is 0 Å². The fraction of sp³-hybridized carbons (Fsp3) is 0.676. The van der Waals surface area contributed by atoms with E-state index in [9.17, 15) is 9.59 Å². The summed E-state index contributed by atoms with van der Waals surface area (Å²) in [6, 6.07) is 0. The van der Waals surface area contributed by atoms with Gasteiger partial charge < -0.3 is 9.16 Å². The number of thiazole rings is 1. The van der Waals surface area contributed by atoms with Crippen LogP contribution in [-0.4, -0.2) is 37.3 Å². The van der Waals surface area contributed by atoms with Crippen molar-refractivity contribution in [2.45, 2.75) is 126 Å². The molecule has 7 heteroatoms. The summed E-state index contributed by atoms with van der Waals surface area (Å²) in [6.45, 7) is 27.4. The van der Waals surface area contributed by atoms with Crippen LogP contribution in [0.15, 0.2) is 34.8 Å². The van der Waals surface area contributed by atoms with Crippen LogP contribution >= 0.6 is 11.3 Å². The van der Waals surface area contributed by atoms with E-state index in [0.717, 1.165) is 22.7 Å². The van der Waals surface area contributed by atoms with Crippen molar-refractivity contribution in [2.75, 3.05) is 0 Å². The third-order valence-corrected chi connectivity index (χ3v) is 14.6. The SMILES string of the molecule is C/C1=C/C[C@@H](/C(C)=C/c2csc(C)n2)OC(=O)C[C@H](C)C(C)(C)C(=O)[C@H](C)[C@@H](O[Si](C)(C)C(C)(C)C)[C@@H](C)/C=C/C1. The summed E-state index contributed by atoms with van der Waals surface area (Å²) < 4.78 is 13.0. The molecule has 41 heavy (non-hydrogen) atoms. The summed E-state index contributed by atoms with van der Waals surface area (Å²) >= 11 is 1.60. The molecule has 0 fully saturated rings. The van der Waals surface area contributed by atoms with E-state index in [2.05, 4.69) is 70.9 Å². The monoisotopic (exact) mass is 601 g/mol. The fourth-order valence-electron chi connectivity index (χ4n) is 4.94. The number of Topliss-reactive ketones (excluding diaryl/α,β-unsaturated/α-hetero) is 1. The van der Waals surface area contributed by atoms with E-state index in [1.54, 1.807) is 11.3 Å². The molecule has 0 spiro atoms. The lowest BCUT2D eigenvalue weighted by Gasteiger charge is -2.43. The molecule has 0 N–H and O–H groups in total. The van der Waals surface area contributed by atoms with E-state index in [4.69, 9.17) is 9.16 Å². The van der Waals surface area contributed by atoms with E-state index < -0.39 is 13.7 Å². The summed E-state index contributed by atoms with van der Waals surface area (Å²) in [7, 11) is -2.14. The number of hydrogen-bond acceptors (Lipinski definition) is 6. The summed E-state index contributed by atoms with van der Waals surface area (Å²) in [5, 5.41) is 3.05. The highest BCUT2D eigenvalue weighted by atomic mass is 32.1. The van der Waals surface area contributed by atoms with Crippen molar-refractivity contribution >= 4 is 37.5 Å². The second-order valence-corrected chi connectivity index (χ2v) is 20.1. The number of carbonyl (C=O) groups excluding carboxylic acids is 2. The van der Waals surface area contributed by atoms with Crippen molar-refractivity contribution in [1.29, 1.82) is 0 Å². The molecule has 2 rings (SSSR count). The molecule has 1 aromatic heterocycles. The zero-order chi connectivity index (χ0) is 31.3. The van der Waals surface area contributed by atoms with Crippen molar-refractivity contribution in [3.8, 4) is 0 Å². The van der Waals surface area contributed by atoms with Gasteiger partial charge in [-0.15, -0.1) is 11.3 Å². The zero-order valence-corrected chi connectivity index (χ0v) is 29.7. The Bertz CT molecular complexity index is 1150. The van der Waals surface area contributed by atoms with Gasteiger partial charge in [-0.2, -0.15) is 0 Å². The predicted molar refractivity (Wildman–Crippen MR) is 175 cm³/mol. The van der Waals surface area contributed by atoms with Gasteiger partial charge in [-0.05, 0) is 68.8 Å². The Balaban J connectivity index is 2.48. The minimum absolute atomic E-state index is 0.0295. The molecule has 0 unspecified atom stereocenters. The predicted octanol–water partition coefficient (Wildman–Crippen LogP) is 9.35. The van der Waals surface area contributed by atoms with Gasteiger partial charge in [-0.25, -0.2) is 4.98 Å². The molecule has 0 saturated carbocycles. The van der Waals surface area contributed by atoms with E-state index in [-0.39, 0.29) is 53.2 Å². The van der Waals surface area contributed by atoms with Gasteiger partial charge in [0, 0.05) is 29.6 Å². The minimum Gasteiger partial charge on any atom is -0.457 e. The highest BCUT2D eigenvalue weighted by Crippen LogP contribution is 2.41. The maximum absolute atomic E-state index is 14.1. The Morgan fingerprint density at radius 2 is 1.80 bits per heavy atom. The van der Waals surface area contributed by atoms with Gasteiger partial charge in [-0.1, -0.05) is 79.2 Å². The molecule has 5 nitrogen and oxygen atoms in total. The number of allylic oxidation sites excluding steroid dienone is 2. The van der Waals surface area contributed by atoms with Crippen LogP contribution in [0.25, 0.3) is 6.08 Å². The highest BCUT2D eigenvalue weighted by molar-refractivity contribution is 7.09. The smallest absolute Gasteiger partial charge is 0.306 e. The topological polar surface area (TPSA) is 65.5 Å². The van der Waals surface area contributed by atoms with Gasteiger partial charge in [0.25, 0.3) is 0 Å². The Hall–Kier alpha value is -1.83. The van der Waals surface area contributed by atoms with Crippen molar-refractivity contribution in [1.82, 2.24) is 4.98 Å². The van der Waals surface area contributed by atoms with E-state index in [0.29, 0.717) is 6.42 Å². The van der Waals surface area contributed by atoms with Crippen molar-refractivity contribution in [2.24, 2.45) is 23.2 Å². The molecule has 0 radical (unpaired) electrons. The van der Waals surface area contributed by atoms with Gasteiger partial charge in [-0.3, -0.25) is 9.59 Å². The average molecular weight is 602 g/mol. The third-order valence-electron chi connectivity index (χ3n) is 9.36. The molecule has 1 aliphatic rings. The van der Waals surface area contributed by atoms with Gasteiger partial charge >= 0.3 is 5.97 Å². The Morgan fingerprint density at radius 3 is 2.37 bits per heavy atom. The van der Waals surface area contributed by atoms with Crippen LogP contribution in [0.4, 0.5) is 0 Å². The van der Waals surface area contributed by atoms with Crippen LogP contribution in [0.1, 0.15) is 99.2 Å².